The van der Waals surface area contributed by atoms with Crippen LogP contribution in [0.5, 0.6) is 17.2 Å². The summed E-state index contributed by atoms with van der Waals surface area (Å²) in [5.41, 5.74) is 1.77. The SMILES string of the molecule is COc1ccc(C(=O)[C@H]2[C@H](c3cccc(OC)c3OC)C3(C(=O)c4ccccc4C3=O)C3C=Cc4ccccc4N32)cc1. The molecule has 0 bridgehead atoms. The molecule has 43 heavy (non-hydrogen) atoms. The fraction of sp³-hybridized carbons (Fsp3) is 0.194. The average Bonchev–Trinajstić information content (AvgIpc) is 3.49. The van der Waals surface area contributed by atoms with E-state index in [9.17, 15) is 14.4 Å². The van der Waals surface area contributed by atoms with Gasteiger partial charge in [-0.1, -0.05) is 66.7 Å². The van der Waals surface area contributed by atoms with Crippen molar-refractivity contribution in [1.82, 2.24) is 0 Å². The Balaban J connectivity index is 1.56. The molecule has 0 aromatic heterocycles. The van der Waals surface area contributed by atoms with Gasteiger partial charge in [-0.25, -0.2) is 0 Å². The van der Waals surface area contributed by atoms with Gasteiger partial charge in [0.2, 0.25) is 0 Å². The lowest BCUT2D eigenvalue weighted by Crippen LogP contribution is -2.48. The number of carbonyl (C=O) groups is 3. The van der Waals surface area contributed by atoms with E-state index in [0.717, 1.165) is 11.3 Å². The molecule has 0 radical (unpaired) electrons. The van der Waals surface area contributed by atoms with E-state index >= 15 is 0 Å². The van der Waals surface area contributed by atoms with Gasteiger partial charge in [-0.05, 0) is 42.0 Å². The minimum absolute atomic E-state index is 0.221. The van der Waals surface area contributed by atoms with E-state index in [-0.39, 0.29) is 17.3 Å². The average molecular weight is 572 g/mol. The van der Waals surface area contributed by atoms with Crippen LogP contribution < -0.4 is 19.1 Å². The largest absolute Gasteiger partial charge is 0.497 e. The monoisotopic (exact) mass is 571 g/mol. The Morgan fingerprint density at radius 2 is 1.42 bits per heavy atom. The highest BCUT2D eigenvalue weighted by atomic mass is 16.5. The van der Waals surface area contributed by atoms with Crippen LogP contribution in [0.3, 0.4) is 0 Å². The number of ether oxygens (including phenoxy) is 3. The zero-order valence-corrected chi connectivity index (χ0v) is 23.9. The second-order valence-corrected chi connectivity index (χ2v) is 10.9. The number of hydrogen-bond acceptors (Lipinski definition) is 7. The van der Waals surface area contributed by atoms with Gasteiger partial charge in [-0.2, -0.15) is 0 Å². The van der Waals surface area contributed by atoms with Crippen LogP contribution in [0.1, 0.15) is 48.1 Å². The van der Waals surface area contributed by atoms with E-state index in [1.54, 1.807) is 67.8 Å². The topological polar surface area (TPSA) is 82.1 Å². The summed E-state index contributed by atoms with van der Waals surface area (Å²) in [5, 5.41) is 0. The predicted octanol–water partition coefficient (Wildman–Crippen LogP) is 6.03. The van der Waals surface area contributed by atoms with Crippen molar-refractivity contribution in [2.24, 2.45) is 5.41 Å². The van der Waals surface area contributed by atoms with Gasteiger partial charge in [0, 0.05) is 33.9 Å². The van der Waals surface area contributed by atoms with Crippen molar-refractivity contribution in [3.05, 3.63) is 125 Å². The number of hydrogen-bond donors (Lipinski definition) is 0. The molecule has 7 rings (SSSR count). The van der Waals surface area contributed by atoms with Crippen molar-refractivity contribution in [2.45, 2.75) is 18.0 Å². The molecule has 3 aliphatic rings. The lowest BCUT2D eigenvalue weighted by Gasteiger charge is -2.37. The van der Waals surface area contributed by atoms with Gasteiger partial charge >= 0.3 is 0 Å². The molecule has 214 valence electrons. The molecule has 0 amide bonds. The van der Waals surface area contributed by atoms with Crippen LogP contribution in [0.25, 0.3) is 6.08 Å². The fourth-order valence-corrected chi connectivity index (χ4v) is 7.34. The predicted molar refractivity (Wildman–Crippen MR) is 163 cm³/mol. The van der Waals surface area contributed by atoms with Crippen molar-refractivity contribution >= 4 is 29.1 Å². The molecule has 1 saturated heterocycles. The first-order chi connectivity index (χ1) is 21.0. The number of rotatable bonds is 6. The van der Waals surface area contributed by atoms with Gasteiger partial charge < -0.3 is 19.1 Å². The Kier molecular flexibility index (Phi) is 6.20. The van der Waals surface area contributed by atoms with E-state index in [1.165, 1.54) is 14.2 Å². The molecular weight excluding hydrogens is 542 g/mol. The van der Waals surface area contributed by atoms with Crippen LogP contribution in [-0.2, 0) is 0 Å². The first-order valence-corrected chi connectivity index (χ1v) is 14.1. The number of carbonyl (C=O) groups excluding carboxylic acids is 3. The van der Waals surface area contributed by atoms with E-state index in [1.807, 2.05) is 47.4 Å². The van der Waals surface area contributed by atoms with Crippen LogP contribution in [0.4, 0.5) is 5.69 Å². The minimum atomic E-state index is -1.64. The molecule has 1 aliphatic carbocycles. The smallest absolute Gasteiger partial charge is 0.185 e. The quantitative estimate of drug-likeness (QED) is 0.207. The second-order valence-electron chi connectivity index (χ2n) is 10.9. The number of benzene rings is 4. The number of Topliss-reactive ketones (excluding diaryl/α,β-unsaturated/α-hetero) is 3. The summed E-state index contributed by atoms with van der Waals surface area (Å²) in [6.45, 7) is 0. The molecule has 2 heterocycles. The molecule has 1 fully saturated rings. The zero-order valence-electron chi connectivity index (χ0n) is 23.9. The van der Waals surface area contributed by atoms with E-state index in [4.69, 9.17) is 14.2 Å². The Hall–Kier alpha value is -5.17. The Bertz CT molecular complexity index is 1790. The Morgan fingerprint density at radius 1 is 0.744 bits per heavy atom. The highest BCUT2D eigenvalue weighted by Gasteiger charge is 2.72. The number of para-hydroxylation sites is 2. The molecule has 3 atom stereocenters. The number of fused-ring (bicyclic) bond motifs is 5. The maximum Gasteiger partial charge on any atom is 0.185 e. The summed E-state index contributed by atoms with van der Waals surface area (Å²) in [7, 11) is 4.63. The van der Waals surface area contributed by atoms with Crippen LogP contribution in [0, 0.1) is 5.41 Å². The maximum atomic E-state index is 14.9. The van der Waals surface area contributed by atoms with Gasteiger partial charge in [-0.3, -0.25) is 14.4 Å². The molecular formula is C36H29NO6. The summed E-state index contributed by atoms with van der Waals surface area (Å²) in [6, 6.07) is 25.3. The number of nitrogens with zero attached hydrogens (tertiary/aromatic N) is 1. The Labute approximate surface area is 249 Å². The van der Waals surface area contributed by atoms with Gasteiger partial charge in [0.1, 0.15) is 17.2 Å². The lowest BCUT2D eigenvalue weighted by atomic mass is 9.64. The zero-order chi connectivity index (χ0) is 29.9. The molecule has 4 aromatic rings. The fourth-order valence-electron chi connectivity index (χ4n) is 7.34. The summed E-state index contributed by atoms with van der Waals surface area (Å²) < 4.78 is 16.9. The summed E-state index contributed by atoms with van der Waals surface area (Å²) in [6.07, 6.45) is 3.85. The number of methoxy groups -OCH3 is 3. The number of anilines is 1. The molecule has 4 aromatic carbocycles. The second kappa shape index (κ2) is 9.98. The third-order valence-corrected chi connectivity index (χ3v) is 9.12. The molecule has 2 aliphatic heterocycles. The van der Waals surface area contributed by atoms with Crippen molar-refractivity contribution in [3.63, 3.8) is 0 Å². The number of ketones is 3. The van der Waals surface area contributed by atoms with E-state index in [0.29, 0.717) is 39.5 Å². The lowest BCUT2D eigenvalue weighted by molar-refractivity contribution is 0.0664. The van der Waals surface area contributed by atoms with Gasteiger partial charge in [0.05, 0.1) is 27.4 Å². The van der Waals surface area contributed by atoms with Crippen molar-refractivity contribution in [3.8, 4) is 17.2 Å². The summed E-state index contributed by atoms with van der Waals surface area (Å²) in [4.78, 5) is 46.5. The van der Waals surface area contributed by atoms with Crippen LogP contribution in [0.15, 0.2) is 97.1 Å². The molecule has 7 heteroatoms. The highest BCUT2D eigenvalue weighted by Crippen LogP contribution is 2.62. The first kappa shape index (κ1) is 26.7. The van der Waals surface area contributed by atoms with Crippen LogP contribution in [-0.4, -0.2) is 50.8 Å². The summed E-state index contributed by atoms with van der Waals surface area (Å²) in [5.74, 6) is -0.288. The normalized spacial score (nSPS) is 20.9. The Morgan fingerprint density at radius 3 is 2.07 bits per heavy atom. The van der Waals surface area contributed by atoms with Crippen molar-refractivity contribution < 1.29 is 28.6 Å². The van der Waals surface area contributed by atoms with Gasteiger partial charge in [0.15, 0.2) is 28.8 Å². The molecule has 1 spiro atoms. The van der Waals surface area contributed by atoms with Crippen LogP contribution >= 0.6 is 0 Å². The standard InChI is InChI=1S/C36H29NO6/c1-41-23-18-15-22(16-19-23)32(38)31-30(26-12-8-14-28(42-2)33(26)43-3)36(34(39)24-10-5-6-11-25(24)35(36)40)29-20-17-21-9-4-7-13-27(21)37(29)31/h4-20,29-31H,1-3H3/t29?,30-,31+/m0/s1. The summed E-state index contributed by atoms with van der Waals surface area (Å²) >= 11 is 0. The highest BCUT2D eigenvalue weighted by molar-refractivity contribution is 6.32. The van der Waals surface area contributed by atoms with E-state index < -0.39 is 23.4 Å². The third kappa shape index (κ3) is 3.57. The van der Waals surface area contributed by atoms with Crippen LogP contribution in [0.2, 0.25) is 0 Å². The van der Waals surface area contributed by atoms with Crippen molar-refractivity contribution in [1.29, 1.82) is 0 Å². The molecule has 1 unspecified atom stereocenters. The minimum Gasteiger partial charge on any atom is -0.497 e. The third-order valence-electron chi connectivity index (χ3n) is 9.12. The maximum absolute atomic E-state index is 14.9. The van der Waals surface area contributed by atoms with Gasteiger partial charge in [0.25, 0.3) is 0 Å². The van der Waals surface area contributed by atoms with E-state index in [2.05, 4.69) is 0 Å². The van der Waals surface area contributed by atoms with Gasteiger partial charge in [-0.15, -0.1) is 0 Å². The van der Waals surface area contributed by atoms with Crippen molar-refractivity contribution in [2.75, 3.05) is 26.2 Å². The molecule has 0 saturated carbocycles. The molecule has 7 nitrogen and oxygen atoms in total. The molecule has 0 N–H and O–H groups in total. The first-order valence-electron chi connectivity index (χ1n) is 14.1.